The number of carbonyl (C=O) groups excluding carboxylic acids is 5. The number of ether oxygens (including phenoxy) is 3. The molecule has 0 bridgehead atoms. The minimum atomic E-state index is -1.10. The highest BCUT2D eigenvalue weighted by Gasteiger charge is 2.21. The summed E-state index contributed by atoms with van der Waals surface area (Å²) in [6.45, 7) is 1.90. The largest absolute Gasteiger partial charge is 0.465 e. The van der Waals surface area contributed by atoms with Crippen molar-refractivity contribution in [3.63, 3.8) is 0 Å². The Morgan fingerprint density at radius 3 is 1.90 bits per heavy atom. The van der Waals surface area contributed by atoms with Gasteiger partial charge in [-0.2, -0.15) is 0 Å². The van der Waals surface area contributed by atoms with E-state index in [0.717, 1.165) is 7.11 Å². The molecule has 0 saturated carbocycles. The number of anilines is 2. The summed E-state index contributed by atoms with van der Waals surface area (Å²) in [6.07, 6.45) is 0. The topological polar surface area (TPSA) is 137 Å². The number of rotatable bonds is 6. The molecule has 0 radical (unpaired) electrons. The van der Waals surface area contributed by atoms with Crippen LogP contribution >= 0.6 is 0 Å². The number of amides is 2. The van der Waals surface area contributed by atoms with Crippen molar-refractivity contribution in [3.05, 3.63) is 59.2 Å². The summed E-state index contributed by atoms with van der Waals surface area (Å²) in [5.74, 6) is -4.12. The van der Waals surface area contributed by atoms with Crippen molar-refractivity contribution in [2.75, 3.05) is 31.5 Å². The number of methoxy groups -OCH3 is 2. The van der Waals surface area contributed by atoms with E-state index < -0.39 is 29.7 Å². The van der Waals surface area contributed by atoms with Gasteiger partial charge >= 0.3 is 29.7 Å². The van der Waals surface area contributed by atoms with Gasteiger partial charge in [0.15, 0.2) is 0 Å². The maximum Gasteiger partial charge on any atom is 0.339 e. The second-order valence-corrected chi connectivity index (χ2v) is 5.95. The van der Waals surface area contributed by atoms with Crippen molar-refractivity contribution in [2.45, 2.75) is 6.92 Å². The molecule has 10 nitrogen and oxygen atoms in total. The van der Waals surface area contributed by atoms with E-state index in [2.05, 4.69) is 20.1 Å². The summed E-state index contributed by atoms with van der Waals surface area (Å²) in [4.78, 5) is 59.9. The number of carbonyl (C=O) groups is 5. The van der Waals surface area contributed by atoms with Crippen molar-refractivity contribution >= 4 is 41.1 Å². The highest BCUT2D eigenvalue weighted by atomic mass is 16.5. The van der Waals surface area contributed by atoms with Crippen LogP contribution in [0.25, 0.3) is 0 Å². The lowest BCUT2D eigenvalue weighted by molar-refractivity contribution is -0.133. The Morgan fingerprint density at radius 2 is 1.32 bits per heavy atom. The molecule has 0 atom stereocenters. The third-order valence-electron chi connectivity index (χ3n) is 3.95. The molecule has 2 rings (SSSR count). The van der Waals surface area contributed by atoms with E-state index in [-0.39, 0.29) is 34.7 Å². The molecule has 10 heteroatoms. The van der Waals surface area contributed by atoms with Crippen LogP contribution in [0, 0.1) is 0 Å². The lowest BCUT2D eigenvalue weighted by atomic mass is 10.1. The first-order valence-corrected chi connectivity index (χ1v) is 9.00. The normalized spacial score (nSPS) is 9.90. The maximum absolute atomic E-state index is 12.3. The molecule has 31 heavy (non-hydrogen) atoms. The van der Waals surface area contributed by atoms with Crippen LogP contribution in [0.2, 0.25) is 0 Å². The van der Waals surface area contributed by atoms with Gasteiger partial charge in [-0.05, 0) is 49.4 Å². The van der Waals surface area contributed by atoms with Crippen LogP contribution in [0.4, 0.5) is 11.4 Å². The molecular weight excluding hydrogens is 408 g/mol. The SMILES string of the molecule is CCOC(=O)c1ccc(NC(=O)C(=O)Nc2cc(C(=O)OC)ccc2C(=O)OC)cc1. The minimum Gasteiger partial charge on any atom is -0.465 e. The van der Waals surface area contributed by atoms with Gasteiger partial charge in [0, 0.05) is 5.69 Å². The average Bonchev–Trinajstić information content (AvgIpc) is 2.78. The quantitative estimate of drug-likeness (QED) is 0.405. The first-order valence-electron chi connectivity index (χ1n) is 9.00. The summed E-state index contributed by atoms with van der Waals surface area (Å²) in [7, 11) is 2.32. The Kier molecular flexibility index (Phi) is 7.84. The van der Waals surface area contributed by atoms with Crippen molar-refractivity contribution in [1.29, 1.82) is 0 Å². The number of hydrogen-bond donors (Lipinski definition) is 2. The average molecular weight is 428 g/mol. The number of esters is 3. The molecule has 0 aliphatic carbocycles. The fraction of sp³-hybridized carbons (Fsp3) is 0.190. The third-order valence-corrected chi connectivity index (χ3v) is 3.95. The van der Waals surface area contributed by atoms with Crippen LogP contribution in [0.3, 0.4) is 0 Å². The van der Waals surface area contributed by atoms with E-state index in [4.69, 9.17) is 4.74 Å². The van der Waals surface area contributed by atoms with Crippen molar-refractivity contribution in [3.8, 4) is 0 Å². The van der Waals surface area contributed by atoms with Crippen LogP contribution in [-0.4, -0.2) is 50.5 Å². The first kappa shape index (κ1) is 23.1. The Bertz CT molecular complexity index is 1010. The monoisotopic (exact) mass is 428 g/mol. The molecule has 0 aromatic heterocycles. The minimum absolute atomic E-state index is 0.0559. The predicted octanol–water partition coefficient (Wildman–Crippen LogP) is 2.01. The molecular formula is C21H20N2O8. The van der Waals surface area contributed by atoms with Gasteiger partial charge in [0.1, 0.15) is 0 Å². The number of nitrogens with one attached hydrogen (secondary N) is 2. The maximum atomic E-state index is 12.3. The molecule has 162 valence electrons. The van der Waals surface area contributed by atoms with Gasteiger partial charge in [-0.25, -0.2) is 14.4 Å². The molecule has 0 spiro atoms. The smallest absolute Gasteiger partial charge is 0.339 e. The zero-order valence-corrected chi connectivity index (χ0v) is 17.0. The first-order chi connectivity index (χ1) is 14.8. The van der Waals surface area contributed by atoms with Crippen molar-refractivity contribution in [1.82, 2.24) is 0 Å². The van der Waals surface area contributed by atoms with Crippen molar-refractivity contribution in [2.24, 2.45) is 0 Å². The summed E-state index contributed by atoms with van der Waals surface area (Å²) < 4.78 is 14.1. The van der Waals surface area contributed by atoms with E-state index in [1.807, 2.05) is 0 Å². The van der Waals surface area contributed by atoms with Crippen molar-refractivity contribution < 1.29 is 38.2 Å². The van der Waals surface area contributed by atoms with Gasteiger partial charge in [0.2, 0.25) is 0 Å². The highest BCUT2D eigenvalue weighted by Crippen LogP contribution is 2.20. The number of hydrogen-bond acceptors (Lipinski definition) is 8. The predicted molar refractivity (Wildman–Crippen MR) is 109 cm³/mol. The molecule has 2 amide bonds. The van der Waals surface area contributed by atoms with Crippen LogP contribution in [-0.2, 0) is 23.8 Å². The van der Waals surface area contributed by atoms with Gasteiger partial charge in [0.05, 0.1) is 43.2 Å². The molecule has 2 N–H and O–H groups in total. The zero-order valence-electron chi connectivity index (χ0n) is 17.0. The molecule has 0 fully saturated rings. The van der Waals surface area contributed by atoms with Gasteiger partial charge in [-0.3, -0.25) is 9.59 Å². The van der Waals surface area contributed by atoms with E-state index in [9.17, 15) is 24.0 Å². The molecule has 0 saturated heterocycles. The highest BCUT2D eigenvalue weighted by molar-refractivity contribution is 6.44. The lowest BCUT2D eigenvalue weighted by Crippen LogP contribution is -2.30. The molecule has 2 aromatic rings. The van der Waals surface area contributed by atoms with Gasteiger partial charge in [0.25, 0.3) is 0 Å². The van der Waals surface area contributed by atoms with Crippen LogP contribution < -0.4 is 10.6 Å². The van der Waals surface area contributed by atoms with Gasteiger partial charge in [-0.1, -0.05) is 0 Å². The molecule has 0 aliphatic rings. The van der Waals surface area contributed by atoms with Crippen LogP contribution in [0.1, 0.15) is 38.0 Å². The number of benzene rings is 2. The summed E-state index contributed by atoms with van der Waals surface area (Å²) in [6, 6.07) is 9.49. The third kappa shape index (κ3) is 5.89. The van der Waals surface area contributed by atoms with E-state index in [0.29, 0.717) is 0 Å². The summed E-state index contributed by atoms with van der Waals surface area (Å²) in [5.41, 5.74) is 0.430. The van der Waals surface area contributed by atoms with Crippen LogP contribution in [0.5, 0.6) is 0 Å². The van der Waals surface area contributed by atoms with E-state index >= 15 is 0 Å². The Labute approximate surface area is 177 Å². The van der Waals surface area contributed by atoms with Gasteiger partial charge in [-0.15, -0.1) is 0 Å². The standard InChI is InChI=1S/C21H20N2O8/c1-4-31-20(27)12-5-8-14(9-6-12)22-17(24)18(25)23-16-11-13(19(26)29-2)7-10-15(16)21(28)30-3/h5-11H,4H2,1-3H3,(H,22,24)(H,23,25). The van der Waals surface area contributed by atoms with Crippen LogP contribution in [0.15, 0.2) is 42.5 Å². The zero-order chi connectivity index (χ0) is 23.0. The molecule has 0 heterocycles. The Balaban J connectivity index is 2.16. The molecule has 2 aromatic carbocycles. The lowest BCUT2D eigenvalue weighted by Gasteiger charge is -2.11. The molecule has 0 unspecified atom stereocenters. The molecule has 0 aliphatic heterocycles. The Hall–Kier alpha value is -4.21. The Morgan fingerprint density at radius 1 is 0.742 bits per heavy atom. The fourth-order valence-corrected chi connectivity index (χ4v) is 2.45. The van der Waals surface area contributed by atoms with E-state index in [1.165, 1.54) is 49.6 Å². The van der Waals surface area contributed by atoms with E-state index in [1.54, 1.807) is 6.92 Å². The summed E-state index contributed by atoms with van der Waals surface area (Å²) in [5, 5.41) is 4.64. The summed E-state index contributed by atoms with van der Waals surface area (Å²) >= 11 is 0. The second-order valence-electron chi connectivity index (χ2n) is 5.95. The van der Waals surface area contributed by atoms with Gasteiger partial charge < -0.3 is 24.8 Å². The fourth-order valence-electron chi connectivity index (χ4n) is 2.45. The second kappa shape index (κ2) is 10.5.